The van der Waals surface area contributed by atoms with Gasteiger partial charge in [0.15, 0.2) is 5.82 Å². The lowest BCUT2D eigenvalue weighted by Crippen LogP contribution is -1.94. The SMILES string of the molecule is CC(C)c1n[nH]c(CCc2ccccc2)n1. The maximum atomic E-state index is 4.46. The molecule has 0 aliphatic heterocycles. The van der Waals surface area contributed by atoms with E-state index in [0.717, 1.165) is 24.5 Å². The van der Waals surface area contributed by atoms with Crippen LogP contribution in [0.3, 0.4) is 0 Å². The Morgan fingerprint density at radius 3 is 2.50 bits per heavy atom. The minimum atomic E-state index is 0.390. The Kier molecular flexibility index (Phi) is 3.34. The minimum absolute atomic E-state index is 0.390. The highest BCUT2D eigenvalue weighted by atomic mass is 15.2. The van der Waals surface area contributed by atoms with Crippen LogP contribution in [0.25, 0.3) is 0 Å². The fourth-order valence-electron chi connectivity index (χ4n) is 1.59. The van der Waals surface area contributed by atoms with Crippen LogP contribution in [0.4, 0.5) is 0 Å². The smallest absolute Gasteiger partial charge is 0.153 e. The zero-order chi connectivity index (χ0) is 11.4. The minimum Gasteiger partial charge on any atom is -0.263 e. The van der Waals surface area contributed by atoms with Crippen LogP contribution in [0.5, 0.6) is 0 Å². The van der Waals surface area contributed by atoms with Crippen molar-refractivity contribution in [3.63, 3.8) is 0 Å². The summed E-state index contributed by atoms with van der Waals surface area (Å²) in [6.45, 7) is 4.20. The molecule has 0 radical (unpaired) electrons. The van der Waals surface area contributed by atoms with E-state index < -0.39 is 0 Å². The van der Waals surface area contributed by atoms with E-state index in [0.29, 0.717) is 5.92 Å². The van der Waals surface area contributed by atoms with Gasteiger partial charge in [-0.2, -0.15) is 5.10 Å². The molecule has 0 saturated heterocycles. The number of aryl methyl sites for hydroxylation is 2. The normalized spacial score (nSPS) is 10.9. The fraction of sp³-hybridized carbons (Fsp3) is 0.385. The summed E-state index contributed by atoms with van der Waals surface area (Å²) in [6.07, 6.45) is 1.93. The van der Waals surface area contributed by atoms with Crippen LogP contribution in [0.1, 0.15) is 37.0 Å². The molecule has 0 bridgehead atoms. The van der Waals surface area contributed by atoms with E-state index >= 15 is 0 Å². The lowest BCUT2D eigenvalue weighted by Gasteiger charge is -1.98. The zero-order valence-electron chi connectivity index (χ0n) is 9.77. The van der Waals surface area contributed by atoms with Crippen molar-refractivity contribution in [1.29, 1.82) is 0 Å². The van der Waals surface area contributed by atoms with Crippen molar-refractivity contribution in [3.8, 4) is 0 Å². The van der Waals surface area contributed by atoms with Crippen molar-refractivity contribution in [2.24, 2.45) is 0 Å². The van der Waals surface area contributed by atoms with E-state index in [1.54, 1.807) is 0 Å². The van der Waals surface area contributed by atoms with Crippen LogP contribution in [-0.2, 0) is 12.8 Å². The molecular formula is C13H17N3. The average Bonchev–Trinajstić information content (AvgIpc) is 2.76. The molecule has 2 aromatic rings. The summed E-state index contributed by atoms with van der Waals surface area (Å²) in [7, 11) is 0. The second-order valence-corrected chi connectivity index (χ2v) is 4.28. The van der Waals surface area contributed by atoms with Gasteiger partial charge < -0.3 is 0 Å². The van der Waals surface area contributed by atoms with Crippen LogP contribution >= 0.6 is 0 Å². The van der Waals surface area contributed by atoms with Crippen molar-refractivity contribution >= 4 is 0 Å². The van der Waals surface area contributed by atoms with Crippen LogP contribution < -0.4 is 0 Å². The summed E-state index contributed by atoms with van der Waals surface area (Å²) in [6, 6.07) is 10.4. The predicted octanol–water partition coefficient (Wildman–Crippen LogP) is 2.71. The molecule has 2 rings (SSSR count). The van der Waals surface area contributed by atoms with E-state index in [2.05, 4.69) is 53.3 Å². The van der Waals surface area contributed by atoms with Gasteiger partial charge in [-0.1, -0.05) is 44.2 Å². The molecule has 1 aromatic carbocycles. The maximum absolute atomic E-state index is 4.46. The van der Waals surface area contributed by atoms with Gasteiger partial charge in [0.05, 0.1) is 0 Å². The molecule has 0 spiro atoms. The summed E-state index contributed by atoms with van der Waals surface area (Å²) < 4.78 is 0. The number of benzene rings is 1. The standard InChI is InChI=1S/C13H17N3/c1-10(2)13-14-12(15-16-13)9-8-11-6-4-3-5-7-11/h3-7,10H,8-9H2,1-2H3,(H,14,15,16). The Morgan fingerprint density at radius 1 is 1.12 bits per heavy atom. The first kappa shape index (κ1) is 10.9. The van der Waals surface area contributed by atoms with Gasteiger partial charge in [-0.25, -0.2) is 4.98 Å². The molecule has 1 aromatic heterocycles. The Morgan fingerprint density at radius 2 is 1.88 bits per heavy atom. The highest BCUT2D eigenvalue weighted by Gasteiger charge is 2.06. The summed E-state index contributed by atoms with van der Waals surface area (Å²) in [5.74, 6) is 2.28. The third kappa shape index (κ3) is 2.69. The number of nitrogens with one attached hydrogen (secondary N) is 1. The number of H-pyrrole nitrogens is 1. The molecule has 16 heavy (non-hydrogen) atoms. The fourth-order valence-corrected chi connectivity index (χ4v) is 1.59. The Bertz CT molecular complexity index is 431. The van der Waals surface area contributed by atoms with Gasteiger partial charge in [0, 0.05) is 12.3 Å². The van der Waals surface area contributed by atoms with Crippen molar-refractivity contribution in [2.45, 2.75) is 32.6 Å². The first-order valence-corrected chi connectivity index (χ1v) is 5.71. The summed E-state index contributed by atoms with van der Waals surface area (Å²) >= 11 is 0. The molecule has 0 aliphatic rings. The van der Waals surface area contributed by atoms with E-state index in [9.17, 15) is 0 Å². The highest BCUT2D eigenvalue weighted by molar-refractivity contribution is 5.15. The number of aromatic nitrogens is 3. The Labute approximate surface area is 95.9 Å². The molecule has 1 heterocycles. The summed E-state index contributed by atoms with van der Waals surface area (Å²) in [5, 5.41) is 7.19. The van der Waals surface area contributed by atoms with Gasteiger partial charge in [-0.15, -0.1) is 0 Å². The number of aromatic amines is 1. The topological polar surface area (TPSA) is 41.6 Å². The van der Waals surface area contributed by atoms with Crippen molar-refractivity contribution < 1.29 is 0 Å². The van der Waals surface area contributed by atoms with Crippen LogP contribution in [0.15, 0.2) is 30.3 Å². The van der Waals surface area contributed by atoms with E-state index in [1.165, 1.54) is 5.56 Å². The number of hydrogen-bond donors (Lipinski definition) is 1. The predicted molar refractivity (Wildman–Crippen MR) is 64.3 cm³/mol. The number of nitrogens with zero attached hydrogens (tertiary/aromatic N) is 2. The number of hydrogen-bond acceptors (Lipinski definition) is 2. The molecule has 0 unspecified atom stereocenters. The summed E-state index contributed by atoms with van der Waals surface area (Å²) in [4.78, 5) is 4.46. The average molecular weight is 215 g/mol. The van der Waals surface area contributed by atoms with Gasteiger partial charge >= 0.3 is 0 Å². The zero-order valence-corrected chi connectivity index (χ0v) is 9.77. The molecule has 1 N–H and O–H groups in total. The molecule has 0 amide bonds. The van der Waals surface area contributed by atoms with Gasteiger partial charge in [0.1, 0.15) is 5.82 Å². The molecule has 84 valence electrons. The van der Waals surface area contributed by atoms with Gasteiger partial charge in [0.25, 0.3) is 0 Å². The first-order valence-electron chi connectivity index (χ1n) is 5.71. The Balaban J connectivity index is 1.95. The van der Waals surface area contributed by atoms with Crippen LogP contribution in [0, 0.1) is 0 Å². The number of rotatable bonds is 4. The third-order valence-corrected chi connectivity index (χ3v) is 2.56. The quantitative estimate of drug-likeness (QED) is 0.852. The maximum Gasteiger partial charge on any atom is 0.153 e. The molecule has 0 fully saturated rings. The second kappa shape index (κ2) is 4.92. The second-order valence-electron chi connectivity index (χ2n) is 4.28. The van der Waals surface area contributed by atoms with Gasteiger partial charge in [0.2, 0.25) is 0 Å². The van der Waals surface area contributed by atoms with E-state index in [1.807, 2.05) is 6.07 Å². The van der Waals surface area contributed by atoms with Crippen molar-refractivity contribution in [2.75, 3.05) is 0 Å². The third-order valence-electron chi connectivity index (χ3n) is 2.56. The first-order chi connectivity index (χ1) is 7.75. The largest absolute Gasteiger partial charge is 0.263 e. The van der Waals surface area contributed by atoms with Crippen LogP contribution in [-0.4, -0.2) is 15.2 Å². The Hall–Kier alpha value is -1.64. The summed E-state index contributed by atoms with van der Waals surface area (Å²) in [5.41, 5.74) is 1.34. The molecule has 3 heteroatoms. The molecule has 0 atom stereocenters. The van der Waals surface area contributed by atoms with Crippen molar-refractivity contribution in [3.05, 3.63) is 47.5 Å². The van der Waals surface area contributed by atoms with Gasteiger partial charge in [-0.05, 0) is 12.0 Å². The van der Waals surface area contributed by atoms with E-state index in [-0.39, 0.29) is 0 Å². The molecule has 0 aliphatic carbocycles. The lowest BCUT2D eigenvalue weighted by atomic mass is 10.1. The lowest BCUT2D eigenvalue weighted by molar-refractivity contribution is 0.780. The van der Waals surface area contributed by atoms with Crippen LogP contribution in [0.2, 0.25) is 0 Å². The molecule has 0 saturated carbocycles. The van der Waals surface area contributed by atoms with Crippen molar-refractivity contribution in [1.82, 2.24) is 15.2 Å². The monoisotopic (exact) mass is 215 g/mol. The van der Waals surface area contributed by atoms with E-state index in [4.69, 9.17) is 0 Å². The van der Waals surface area contributed by atoms with Gasteiger partial charge in [-0.3, -0.25) is 5.10 Å². The molecule has 3 nitrogen and oxygen atoms in total. The molecular weight excluding hydrogens is 198 g/mol. The highest BCUT2D eigenvalue weighted by Crippen LogP contribution is 2.09.